The summed E-state index contributed by atoms with van der Waals surface area (Å²) in [5.74, 6) is 1.65. The minimum absolute atomic E-state index is 0.195. The lowest BCUT2D eigenvalue weighted by molar-refractivity contribution is -0.139. The van der Waals surface area contributed by atoms with Crippen LogP contribution in [0.5, 0.6) is 17.2 Å². The fourth-order valence-electron chi connectivity index (χ4n) is 4.37. The van der Waals surface area contributed by atoms with Crippen molar-refractivity contribution in [3.05, 3.63) is 84.5 Å². The number of nitrogens with zero attached hydrogens (tertiary/aromatic N) is 2. The Hall–Kier alpha value is -3.85. The Morgan fingerprint density at radius 2 is 1.85 bits per heavy atom. The molecule has 0 unspecified atom stereocenters. The van der Waals surface area contributed by atoms with E-state index in [1.165, 1.54) is 11.3 Å². The average Bonchev–Trinajstić information content (AvgIpc) is 3.22. The van der Waals surface area contributed by atoms with Gasteiger partial charge in [0.05, 0.1) is 42.7 Å². The molecule has 1 aliphatic rings. The van der Waals surface area contributed by atoms with Crippen molar-refractivity contribution in [1.29, 1.82) is 0 Å². The molecular weight excluding hydrogens is 516 g/mol. The number of aromatic nitrogens is 1. The molecule has 0 saturated heterocycles. The minimum atomic E-state index is -0.800. The van der Waals surface area contributed by atoms with Gasteiger partial charge in [0.25, 0.3) is 5.56 Å². The highest BCUT2D eigenvalue weighted by Gasteiger charge is 2.35. The maximum absolute atomic E-state index is 13.9. The first-order valence-electron chi connectivity index (χ1n) is 13.0. The molecule has 2 aromatic carbocycles. The number of thiazole rings is 1. The second-order valence-electron chi connectivity index (χ2n) is 9.39. The molecule has 1 aromatic heterocycles. The van der Waals surface area contributed by atoms with Gasteiger partial charge in [0.15, 0.2) is 16.3 Å². The lowest BCUT2D eigenvalue weighted by Crippen LogP contribution is -2.40. The fraction of sp³-hybridized carbons (Fsp3) is 0.367. The zero-order valence-corrected chi connectivity index (χ0v) is 24.0. The molecule has 1 atom stereocenters. The molecule has 1 aliphatic heterocycles. The number of rotatable bonds is 10. The topological polar surface area (TPSA) is 88.4 Å². The van der Waals surface area contributed by atoms with Crippen LogP contribution in [0, 0.1) is 5.92 Å². The number of hydrogen-bond donors (Lipinski definition) is 0. The predicted octanol–water partition coefficient (Wildman–Crippen LogP) is 4.24. The number of methoxy groups -OCH3 is 1. The summed E-state index contributed by atoms with van der Waals surface area (Å²) in [7, 11) is 1.56. The zero-order valence-electron chi connectivity index (χ0n) is 23.1. The predicted molar refractivity (Wildman–Crippen MR) is 151 cm³/mol. The first-order valence-corrected chi connectivity index (χ1v) is 13.8. The molecule has 0 N–H and O–H groups in total. The van der Waals surface area contributed by atoms with Gasteiger partial charge in [-0.15, -0.1) is 0 Å². The second-order valence-corrected chi connectivity index (χ2v) is 10.4. The summed E-state index contributed by atoms with van der Waals surface area (Å²) in [6, 6.07) is 12.2. The lowest BCUT2D eigenvalue weighted by atomic mass is 9.94. The highest BCUT2D eigenvalue weighted by molar-refractivity contribution is 7.07. The third-order valence-electron chi connectivity index (χ3n) is 6.09. The Bertz CT molecular complexity index is 1550. The third-order valence-corrected chi connectivity index (χ3v) is 7.07. The molecule has 39 heavy (non-hydrogen) atoms. The molecule has 0 spiro atoms. The summed E-state index contributed by atoms with van der Waals surface area (Å²) in [6.45, 7) is 10.8. The number of hydrogen-bond acceptors (Lipinski definition) is 8. The zero-order chi connectivity index (χ0) is 28.1. The molecule has 0 amide bonds. The summed E-state index contributed by atoms with van der Waals surface area (Å²) in [6.07, 6.45) is 1.82. The Morgan fingerprint density at radius 3 is 2.49 bits per heavy atom. The minimum Gasteiger partial charge on any atom is -0.493 e. The molecule has 9 heteroatoms. The van der Waals surface area contributed by atoms with E-state index in [0.717, 1.165) is 11.3 Å². The first kappa shape index (κ1) is 28.2. The number of para-hydroxylation sites is 1. The number of ether oxygens (including phenoxy) is 4. The molecule has 0 radical (unpaired) electrons. The number of carbonyl (C=O) groups excluding carboxylic acids is 1. The van der Waals surface area contributed by atoms with Crippen LogP contribution >= 0.6 is 11.3 Å². The Balaban J connectivity index is 1.88. The van der Waals surface area contributed by atoms with E-state index in [9.17, 15) is 9.59 Å². The van der Waals surface area contributed by atoms with Crippen LogP contribution in [0.3, 0.4) is 0 Å². The monoisotopic (exact) mass is 550 g/mol. The molecular formula is C30H34N2O6S. The molecule has 0 bridgehead atoms. The van der Waals surface area contributed by atoms with E-state index in [1.54, 1.807) is 31.6 Å². The number of fused-ring (bicyclic) bond motifs is 1. The number of esters is 1. The third kappa shape index (κ3) is 5.93. The largest absolute Gasteiger partial charge is 0.493 e. The van der Waals surface area contributed by atoms with Gasteiger partial charge in [-0.3, -0.25) is 9.36 Å². The van der Waals surface area contributed by atoms with Crippen LogP contribution in [0.2, 0.25) is 0 Å². The first-order chi connectivity index (χ1) is 18.8. The summed E-state index contributed by atoms with van der Waals surface area (Å²) in [5, 5.41) is 0. The van der Waals surface area contributed by atoms with E-state index in [4.69, 9.17) is 18.9 Å². The van der Waals surface area contributed by atoms with Crippen LogP contribution in [0.15, 0.2) is 63.5 Å². The smallest absolute Gasteiger partial charge is 0.338 e. The SMILES string of the molecule is CCOC(=O)C1=C(C)N=c2s/c(=C/c3ccc(OCC(C)C)cc3)c(=O)n2[C@H]1c1cccc(OC)c1OCC. The molecule has 2 heterocycles. The van der Waals surface area contributed by atoms with Gasteiger partial charge in [0.1, 0.15) is 11.8 Å². The maximum Gasteiger partial charge on any atom is 0.338 e. The van der Waals surface area contributed by atoms with Gasteiger partial charge in [-0.25, -0.2) is 9.79 Å². The van der Waals surface area contributed by atoms with E-state index < -0.39 is 12.0 Å². The van der Waals surface area contributed by atoms with Crippen LogP contribution < -0.4 is 29.1 Å². The lowest BCUT2D eigenvalue weighted by Gasteiger charge is -2.26. The van der Waals surface area contributed by atoms with Crippen molar-refractivity contribution in [2.24, 2.45) is 10.9 Å². The fourth-order valence-corrected chi connectivity index (χ4v) is 5.41. The van der Waals surface area contributed by atoms with E-state index in [1.807, 2.05) is 49.4 Å². The summed E-state index contributed by atoms with van der Waals surface area (Å²) in [4.78, 5) is 32.3. The Labute approximate surface area is 231 Å². The molecule has 8 nitrogen and oxygen atoms in total. The second kappa shape index (κ2) is 12.3. The number of carbonyl (C=O) groups is 1. The van der Waals surface area contributed by atoms with Crippen LogP contribution in [-0.4, -0.2) is 37.5 Å². The van der Waals surface area contributed by atoms with Crippen molar-refractivity contribution in [3.63, 3.8) is 0 Å². The van der Waals surface area contributed by atoms with Crippen molar-refractivity contribution in [1.82, 2.24) is 4.57 Å². The normalized spacial score (nSPS) is 15.2. The van der Waals surface area contributed by atoms with Crippen LogP contribution in [0.1, 0.15) is 51.8 Å². The van der Waals surface area contributed by atoms with E-state index >= 15 is 0 Å². The van der Waals surface area contributed by atoms with Gasteiger partial charge in [0, 0.05) is 5.56 Å². The van der Waals surface area contributed by atoms with Crippen molar-refractivity contribution >= 4 is 23.4 Å². The highest BCUT2D eigenvalue weighted by Crippen LogP contribution is 2.40. The molecule has 4 rings (SSSR count). The standard InChI is InChI=1S/C30H34N2O6S/c1-7-36-27-22(10-9-11-23(27)35-6)26-25(29(34)37-8-2)19(5)31-30-32(26)28(33)24(39-30)16-20-12-14-21(15-13-20)38-17-18(3)4/h9-16,18,26H,7-8,17H2,1-6H3/b24-16+/t26-/m0/s1. The van der Waals surface area contributed by atoms with Gasteiger partial charge >= 0.3 is 5.97 Å². The van der Waals surface area contributed by atoms with E-state index in [0.29, 0.717) is 51.2 Å². The molecule has 0 saturated carbocycles. The van der Waals surface area contributed by atoms with E-state index in [-0.39, 0.29) is 17.7 Å². The van der Waals surface area contributed by atoms with Crippen molar-refractivity contribution in [3.8, 4) is 17.2 Å². The van der Waals surface area contributed by atoms with Gasteiger partial charge in [-0.1, -0.05) is 49.4 Å². The van der Waals surface area contributed by atoms with Crippen molar-refractivity contribution in [2.75, 3.05) is 26.9 Å². The van der Waals surface area contributed by atoms with Crippen LogP contribution in [-0.2, 0) is 9.53 Å². The van der Waals surface area contributed by atoms with Gasteiger partial charge in [0.2, 0.25) is 0 Å². The molecule has 0 fully saturated rings. The maximum atomic E-state index is 13.9. The molecule has 0 aliphatic carbocycles. The van der Waals surface area contributed by atoms with Gasteiger partial charge in [-0.2, -0.15) is 0 Å². The van der Waals surface area contributed by atoms with Crippen molar-refractivity contribution in [2.45, 2.75) is 40.7 Å². The average molecular weight is 551 g/mol. The Morgan fingerprint density at radius 1 is 1.10 bits per heavy atom. The Kier molecular flexibility index (Phi) is 8.91. The molecule has 3 aromatic rings. The van der Waals surface area contributed by atoms with Gasteiger partial charge in [-0.05, 0) is 56.5 Å². The summed E-state index contributed by atoms with van der Waals surface area (Å²) in [5.41, 5.74) is 1.99. The highest BCUT2D eigenvalue weighted by atomic mass is 32.1. The van der Waals surface area contributed by atoms with Crippen LogP contribution in [0.4, 0.5) is 0 Å². The van der Waals surface area contributed by atoms with Crippen LogP contribution in [0.25, 0.3) is 6.08 Å². The molecule has 206 valence electrons. The van der Waals surface area contributed by atoms with Gasteiger partial charge < -0.3 is 18.9 Å². The number of allylic oxidation sites excluding steroid dienone is 1. The summed E-state index contributed by atoms with van der Waals surface area (Å²) < 4.78 is 24.8. The quantitative estimate of drug-likeness (QED) is 0.351. The number of benzene rings is 2. The van der Waals surface area contributed by atoms with E-state index in [2.05, 4.69) is 18.8 Å². The van der Waals surface area contributed by atoms with Crippen molar-refractivity contribution < 1.29 is 23.7 Å². The summed E-state index contributed by atoms with van der Waals surface area (Å²) >= 11 is 1.27.